The van der Waals surface area contributed by atoms with Crippen LogP contribution in [0.4, 0.5) is 0 Å². The van der Waals surface area contributed by atoms with Crippen LogP contribution < -0.4 is 0 Å². The SMILES string of the molecule is CCCCCCCCCCCCCCCCCCCCCCCCCCCCOCc1coc2ccccc12. The van der Waals surface area contributed by atoms with Crippen molar-refractivity contribution in [1.82, 2.24) is 0 Å². The second-order valence-corrected chi connectivity index (χ2v) is 12.1. The first-order valence-corrected chi connectivity index (χ1v) is 17.4. The molecule has 0 bridgehead atoms. The molecule has 0 aliphatic carbocycles. The molecule has 1 aromatic heterocycles. The largest absolute Gasteiger partial charge is 0.464 e. The van der Waals surface area contributed by atoms with Gasteiger partial charge < -0.3 is 9.15 Å². The third-order valence-electron chi connectivity index (χ3n) is 8.46. The Hall–Kier alpha value is -1.28. The van der Waals surface area contributed by atoms with Crippen LogP contribution in [0.3, 0.4) is 0 Å². The number of furan rings is 1. The van der Waals surface area contributed by atoms with Crippen molar-refractivity contribution in [3.8, 4) is 0 Å². The van der Waals surface area contributed by atoms with Crippen LogP contribution in [0.15, 0.2) is 34.9 Å². The van der Waals surface area contributed by atoms with Gasteiger partial charge in [-0.05, 0) is 12.5 Å². The minimum absolute atomic E-state index is 0.663. The zero-order valence-electron chi connectivity index (χ0n) is 26.0. The molecule has 0 unspecified atom stereocenters. The summed E-state index contributed by atoms with van der Waals surface area (Å²) >= 11 is 0. The van der Waals surface area contributed by atoms with Gasteiger partial charge in [-0.3, -0.25) is 0 Å². The van der Waals surface area contributed by atoms with Gasteiger partial charge in [0.15, 0.2) is 0 Å². The maximum atomic E-state index is 5.88. The van der Waals surface area contributed by atoms with Crippen LogP contribution in [0, 0.1) is 0 Å². The molecule has 2 heteroatoms. The van der Waals surface area contributed by atoms with Crippen LogP contribution in [0.25, 0.3) is 11.0 Å². The van der Waals surface area contributed by atoms with E-state index in [0.29, 0.717) is 6.61 Å². The highest BCUT2D eigenvalue weighted by atomic mass is 16.5. The average Bonchev–Trinajstić information content (AvgIpc) is 3.37. The van der Waals surface area contributed by atoms with Crippen LogP contribution in [-0.4, -0.2) is 6.61 Å². The molecule has 0 saturated heterocycles. The fourth-order valence-electron chi connectivity index (χ4n) is 5.85. The molecule has 2 aromatic rings. The van der Waals surface area contributed by atoms with Crippen LogP contribution in [0.1, 0.15) is 179 Å². The number of hydrogen-bond donors (Lipinski definition) is 0. The molecule has 0 fully saturated rings. The van der Waals surface area contributed by atoms with Crippen molar-refractivity contribution in [3.05, 3.63) is 36.1 Å². The first kappa shape index (κ1) is 33.9. The van der Waals surface area contributed by atoms with Crippen LogP contribution in [0.5, 0.6) is 0 Å². The molecule has 39 heavy (non-hydrogen) atoms. The van der Waals surface area contributed by atoms with Gasteiger partial charge in [0, 0.05) is 17.6 Å². The van der Waals surface area contributed by atoms with Gasteiger partial charge in [-0.2, -0.15) is 0 Å². The van der Waals surface area contributed by atoms with Crippen molar-refractivity contribution in [2.75, 3.05) is 6.61 Å². The molecule has 2 rings (SSSR count). The number of para-hydroxylation sites is 1. The Bertz CT molecular complexity index is 764. The van der Waals surface area contributed by atoms with Crippen molar-refractivity contribution in [1.29, 1.82) is 0 Å². The minimum atomic E-state index is 0.663. The van der Waals surface area contributed by atoms with Crippen molar-refractivity contribution < 1.29 is 9.15 Å². The Morgan fingerprint density at radius 1 is 0.487 bits per heavy atom. The molecule has 0 atom stereocenters. The molecule has 0 saturated carbocycles. The van der Waals surface area contributed by atoms with Gasteiger partial charge in [0.1, 0.15) is 5.58 Å². The third-order valence-corrected chi connectivity index (χ3v) is 8.46. The molecule has 224 valence electrons. The number of rotatable bonds is 29. The smallest absolute Gasteiger partial charge is 0.134 e. The number of hydrogen-bond acceptors (Lipinski definition) is 2. The first-order chi connectivity index (χ1) is 19.4. The normalized spacial score (nSPS) is 11.6. The van der Waals surface area contributed by atoms with Gasteiger partial charge in [-0.25, -0.2) is 0 Å². The molecule has 0 spiro atoms. The Morgan fingerprint density at radius 2 is 0.872 bits per heavy atom. The third kappa shape index (κ3) is 18.6. The lowest BCUT2D eigenvalue weighted by Crippen LogP contribution is -1.95. The van der Waals surface area contributed by atoms with E-state index in [9.17, 15) is 0 Å². The van der Waals surface area contributed by atoms with Crippen LogP contribution in [-0.2, 0) is 11.3 Å². The van der Waals surface area contributed by atoms with E-state index in [1.807, 2.05) is 18.4 Å². The van der Waals surface area contributed by atoms with Gasteiger partial charge in [0.2, 0.25) is 0 Å². The van der Waals surface area contributed by atoms with Crippen molar-refractivity contribution in [3.63, 3.8) is 0 Å². The fraction of sp³-hybridized carbons (Fsp3) is 0.784. The molecule has 1 heterocycles. The summed E-state index contributed by atoms with van der Waals surface area (Å²) in [5.74, 6) is 0. The highest BCUT2D eigenvalue weighted by Gasteiger charge is 2.04. The fourth-order valence-corrected chi connectivity index (χ4v) is 5.85. The summed E-state index contributed by atoms with van der Waals surface area (Å²) in [7, 11) is 0. The summed E-state index contributed by atoms with van der Waals surface area (Å²) in [6.07, 6.45) is 39.2. The van der Waals surface area contributed by atoms with Gasteiger partial charge in [-0.1, -0.05) is 186 Å². The second-order valence-electron chi connectivity index (χ2n) is 12.1. The van der Waals surface area contributed by atoms with E-state index in [1.54, 1.807) is 0 Å². The lowest BCUT2D eigenvalue weighted by Gasteiger charge is -2.05. The predicted octanol–water partition coefficient (Wildman–Crippen LogP) is 13.1. The molecular weight excluding hydrogens is 476 g/mol. The summed E-state index contributed by atoms with van der Waals surface area (Å²) in [5.41, 5.74) is 2.12. The van der Waals surface area contributed by atoms with Crippen molar-refractivity contribution >= 4 is 11.0 Å². The van der Waals surface area contributed by atoms with Crippen molar-refractivity contribution in [2.45, 2.75) is 180 Å². The number of ether oxygens (including phenoxy) is 1. The zero-order chi connectivity index (χ0) is 27.5. The van der Waals surface area contributed by atoms with E-state index in [4.69, 9.17) is 9.15 Å². The van der Waals surface area contributed by atoms with Crippen LogP contribution >= 0.6 is 0 Å². The number of unbranched alkanes of at least 4 members (excludes halogenated alkanes) is 25. The Morgan fingerprint density at radius 3 is 1.31 bits per heavy atom. The molecule has 0 amide bonds. The lowest BCUT2D eigenvalue weighted by molar-refractivity contribution is 0.117. The molecule has 0 aliphatic heterocycles. The molecule has 0 radical (unpaired) electrons. The minimum Gasteiger partial charge on any atom is -0.464 e. The monoisotopic (exact) mass is 540 g/mol. The zero-order valence-corrected chi connectivity index (χ0v) is 26.0. The van der Waals surface area contributed by atoms with Crippen molar-refractivity contribution in [2.24, 2.45) is 0 Å². The topological polar surface area (TPSA) is 22.4 Å². The van der Waals surface area contributed by atoms with Crippen LogP contribution in [0.2, 0.25) is 0 Å². The Kier molecular flexibility index (Phi) is 22.3. The average molecular weight is 541 g/mol. The summed E-state index contributed by atoms with van der Waals surface area (Å²) in [5, 5.41) is 1.18. The molecule has 0 N–H and O–H groups in total. The first-order valence-electron chi connectivity index (χ1n) is 17.4. The molecule has 2 nitrogen and oxygen atoms in total. The van der Waals surface area contributed by atoms with E-state index in [-0.39, 0.29) is 0 Å². The van der Waals surface area contributed by atoms with Gasteiger partial charge in [0.25, 0.3) is 0 Å². The van der Waals surface area contributed by atoms with E-state index >= 15 is 0 Å². The lowest BCUT2D eigenvalue weighted by atomic mass is 10.0. The highest BCUT2D eigenvalue weighted by Crippen LogP contribution is 2.21. The maximum Gasteiger partial charge on any atom is 0.134 e. The summed E-state index contributed by atoms with van der Waals surface area (Å²) in [6.45, 7) is 3.83. The van der Waals surface area contributed by atoms with Gasteiger partial charge >= 0.3 is 0 Å². The summed E-state index contributed by atoms with van der Waals surface area (Å²) < 4.78 is 11.5. The Labute approximate surface area is 243 Å². The molecule has 0 aliphatic rings. The number of benzene rings is 1. The van der Waals surface area contributed by atoms with E-state index in [0.717, 1.165) is 12.2 Å². The quantitative estimate of drug-likeness (QED) is 0.0957. The standard InChI is InChI=1S/C37H64O2/c1-2-3-4-5-6-7-8-9-10-11-12-13-14-15-16-17-18-19-20-21-22-23-24-25-26-29-32-38-33-35-34-39-37-31-28-27-30-36(35)37/h27-28,30-31,34H,2-26,29,32-33H2,1H3. The second kappa shape index (κ2) is 25.7. The van der Waals surface area contributed by atoms with E-state index in [2.05, 4.69) is 19.1 Å². The van der Waals surface area contributed by atoms with Gasteiger partial charge in [-0.15, -0.1) is 0 Å². The Balaban J connectivity index is 1.19. The summed E-state index contributed by atoms with van der Waals surface area (Å²) in [6, 6.07) is 8.20. The molecular formula is C37H64O2. The van der Waals surface area contributed by atoms with E-state index < -0.39 is 0 Å². The predicted molar refractivity (Wildman–Crippen MR) is 172 cm³/mol. The van der Waals surface area contributed by atoms with E-state index in [1.165, 1.54) is 178 Å². The highest BCUT2D eigenvalue weighted by molar-refractivity contribution is 5.80. The molecule has 1 aromatic carbocycles. The maximum absolute atomic E-state index is 5.88. The summed E-state index contributed by atoms with van der Waals surface area (Å²) in [4.78, 5) is 0. The van der Waals surface area contributed by atoms with Gasteiger partial charge in [0.05, 0.1) is 12.9 Å². The number of fused-ring (bicyclic) bond motifs is 1.